The fourth-order valence-corrected chi connectivity index (χ4v) is 4.16. The van der Waals surface area contributed by atoms with E-state index in [-0.39, 0.29) is 18.1 Å². The van der Waals surface area contributed by atoms with E-state index >= 15 is 0 Å². The molecule has 0 radical (unpaired) electrons. The molecule has 0 aliphatic carbocycles. The van der Waals surface area contributed by atoms with E-state index in [9.17, 15) is 22.4 Å². The number of anilines is 1. The smallest absolute Gasteiger partial charge is 0.244 e. The molecule has 0 fully saturated rings. The van der Waals surface area contributed by atoms with Crippen molar-refractivity contribution in [2.45, 2.75) is 25.9 Å². The van der Waals surface area contributed by atoms with Crippen LogP contribution in [0.4, 0.5) is 10.1 Å². The van der Waals surface area contributed by atoms with E-state index in [1.165, 1.54) is 24.1 Å². The first-order chi connectivity index (χ1) is 14.6. The Morgan fingerprint density at radius 3 is 2.26 bits per heavy atom. The predicted octanol–water partition coefficient (Wildman–Crippen LogP) is 2.80. The summed E-state index contributed by atoms with van der Waals surface area (Å²) in [6.45, 7) is 1.22. The second kappa shape index (κ2) is 10.6. The zero-order valence-corrected chi connectivity index (χ0v) is 19.1. The first-order valence-corrected chi connectivity index (χ1v) is 11.8. The number of sulfonamides is 1. The van der Waals surface area contributed by atoms with Crippen LogP contribution < -0.4 is 9.62 Å². The average Bonchev–Trinajstić information content (AvgIpc) is 2.72. The maximum absolute atomic E-state index is 13.3. The maximum atomic E-state index is 13.3. The van der Waals surface area contributed by atoms with E-state index in [1.54, 1.807) is 31.2 Å². The van der Waals surface area contributed by atoms with Gasteiger partial charge in [0.2, 0.25) is 21.8 Å². The zero-order chi connectivity index (χ0) is 23.2. The molecule has 0 spiro atoms. The molecule has 0 aromatic heterocycles. The van der Waals surface area contributed by atoms with Crippen molar-refractivity contribution in [1.29, 1.82) is 0 Å². The van der Waals surface area contributed by atoms with Gasteiger partial charge in [0.05, 0.1) is 11.9 Å². The van der Waals surface area contributed by atoms with Crippen molar-refractivity contribution in [3.8, 4) is 0 Å². The molecule has 0 saturated heterocycles. The number of carbonyl (C=O) groups excluding carboxylic acids is 2. The van der Waals surface area contributed by atoms with Gasteiger partial charge < -0.3 is 10.2 Å². The van der Waals surface area contributed by atoms with Gasteiger partial charge >= 0.3 is 0 Å². The monoisotopic (exact) mass is 469 g/mol. The second-order valence-corrected chi connectivity index (χ2v) is 9.21. The fraction of sp³-hybridized carbons (Fsp3) is 0.333. The summed E-state index contributed by atoms with van der Waals surface area (Å²) in [5.41, 5.74) is 0.760. The van der Waals surface area contributed by atoms with Crippen LogP contribution in [0.1, 0.15) is 18.9 Å². The number of hydrogen-bond donors (Lipinski definition) is 1. The lowest BCUT2D eigenvalue weighted by molar-refractivity contribution is -0.140. The van der Waals surface area contributed by atoms with Crippen LogP contribution in [0.25, 0.3) is 0 Å². The van der Waals surface area contributed by atoms with Crippen molar-refractivity contribution in [3.05, 3.63) is 64.9 Å². The molecule has 1 atom stereocenters. The summed E-state index contributed by atoms with van der Waals surface area (Å²) in [6.07, 6.45) is 1.27. The van der Waals surface area contributed by atoms with Gasteiger partial charge in [0, 0.05) is 18.6 Å². The van der Waals surface area contributed by atoms with E-state index in [4.69, 9.17) is 11.6 Å². The van der Waals surface area contributed by atoms with Crippen molar-refractivity contribution < 1.29 is 22.4 Å². The number of nitrogens with one attached hydrogen (secondary N) is 1. The Kier molecular flexibility index (Phi) is 8.41. The van der Waals surface area contributed by atoms with E-state index in [0.717, 1.165) is 22.7 Å². The van der Waals surface area contributed by atoms with Crippen molar-refractivity contribution in [2.75, 3.05) is 24.2 Å². The Labute approximate surface area is 186 Å². The minimum Gasteiger partial charge on any atom is -0.357 e. The largest absolute Gasteiger partial charge is 0.357 e. The molecular weight excluding hydrogens is 445 g/mol. The molecule has 31 heavy (non-hydrogen) atoms. The zero-order valence-electron chi connectivity index (χ0n) is 17.5. The molecule has 0 bridgehead atoms. The number of nitrogens with zero attached hydrogens (tertiary/aromatic N) is 2. The van der Waals surface area contributed by atoms with Crippen LogP contribution in [0, 0.1) is 5.82 Å². The lowest BCUT2D eigenvalue weighted by Gasteiger charge is -2.32. The number of likely N-dealkylation sites (N-methyl/N-ethyl adjacent to an activating group) is 1. The lowest BCUT2D eigenvalue weighted by Crippen LogP contribution is -2.51. The first-order valence-electron chi connectivity index (χ1n) is 9.56. The summed E-state index contributed by atoms with van der Waals surface area (Å²) < 4.78 is 38.9. The summed E-state index contributed by atoms with van der Waals surface area (Å²) >= 11 is 6.24. The number of benzene rings is 2. The van der Waals surface area contributed by atoms with Crippen LogP contribution in [0.3, 0.4) is 0 Å². The number of rotatable bonds is 9. The lowest BCUT2D eigenvalue weighted by atomic mass is 10.1. The van der Waals surface area contributed by atoms with E-state index in [0.29, 0.717) is 17.0 Å². The average molecular weight is 470 g/mol. The molecule has 2 aromatic rings. The fourth-order valence-electron chi connectivity index (χ4n) is 3.12. The number of halogens is 2. The number of amides is 2. The van der Waals surface area contributed by atoms with Gasteiger partial charge in [0.15, 0.2) is 0 Å². The third kappa shape index (κ3) is 6.41. The highest BCUT2D eigenvalue weighted by atomic mass is 35.5. The quantitative estimate of drug-likeness (QED) is 0.611. The van der Waals surface area contributed by atoms with Crippen LogP contribution in [-0.4, -0.2) is 51.0 Å². The summed E-state index contributed by atoms with van der Waals surface area (Å²) in [4.78, 5) is 27.0. The van der Waals surface area contributed by atoms with Gasteiger partial charge in [0.25, 0.3) is 0 Å². The highest BCUT2D eigenvalue weighted by Crippen LogP contribution is 2.22. The van der Waals surface area contributed by atoms with Gasteiger partial charge in [-0.1, -0.05) is 36.7 Å². The third-order valence-electron chi connectivity index (χ3n) is 4.72. The van der Waals surface area contributed by atoms with E-state index in [1.807, 2.05) is 0 Å². The van der Waals surface area contributed by atoms with E-state index in [2.05, 4.69) is 5.32 Å². The highest BCUT2D eigenvalue weighted by Gasteiger charge is 2.31. The molecule has 2 rings (SSSR count). The van der Waals surface area contributed by atoms with Gasteiger partial charge in [0.1, 0.15) is 18.4 Å². The molecule has 168 valence electrons. The van der Waals surface area contributed by atoms with Gasteiger partial charge in [-0.25, -0.2) is 12.8 Å². The maximum Gasteiger partial charge on any atom is 0.244 e. The Morgan fingerprint density at radius 1 is 1.13 bits per heavy atom. The third-order valence-corrected chi connectivity index (χ3v) is 6.23. The van der Waals surface area contributed by atoms with Gasteiger partial charge in [-0.15, -0.1) is 0 Å². The van der Waals surface area contributed by atoms with Crippen molar-refractivity contribution in [2.24, 2.45) is 0 Å². The highest BCUT2D eigenvalue weighted by molar-refractivity contribution is 7.92. The molecular formula is C21H25ClFN3O4S. The minimum atomic E-state index is -3.86. The first kappa shape index (κ1) is 24.6. The van der Waals surface area contributed by atoms with Crippen LogP contribution in [0.2, 0.25) is 5.02 Å². The number of hydrogen-bond acceptors (Lipinski definition) is 4. The molecule has 1 unspecified atom stereocenters. The minimum absolute atomic E-state index is 0.0193. The SMILES string of the molecule is CCC(C(=O)NC)N(Cc1ccccc1Cl)C(=O)CN(c1ccc(F)cc1)S(C)(=O)=O. The van der Waals surface area contributed by atoms with Crippen LogP contribution >= 0.6 is 11.6 Å². The molecule has 0 aliphatic rings. The summed E-state index contributed by atoms with van der Waals surface area (Å²) in [7, 11) is -2.40. The molecule has 10 heteroatoms. The van der Waals surface area contributed by atoms with Crippen molar-refractivity contribution in [1.82, 2.24) is 10.2 Å². The van der Waals surface area contributed by atoms with Gasteiger partial charge in [-0.2, -0.15) is 0 Å². The van der Waals surface area contributed by atoms with Gasteiger partial charge in [-0.05, 0) is 42.3 Å². The predicted molar refractivity (Wildman–Crippen MR) is 119 cm³/mol. The Morgan fingerprint density at radius 2 is 1.74 bits per heavy atom. The van der Waals surface area contributed by atoms with Gasteiger partial charge in [-0.3, -0.25) is 13.9 Å². The topological polar surface area (TPSA) is 86.8 Å². The second-order valence-electron chi connectivity index (χ2n) is 6.90. The standard InChI is InChI=1S/C21H25ClFN3O4S/c1-4-19(21(28)24-2)25(13-15-7-5-6-8-18(15)22)20(27)14-26(31(3,29)30)17-11-9-16(23)10-12-17/h5-12,19H,4,13-14H2,1-3H3,(H,24,28). The Hall–Kier alpha value is -2.65. The molecule has 0 aliphatic heterocycles. The molecule has 2 amide bonds. The molecule has 7 nitrogen and oxygen atoms in total. The van der Waals surface area contributed by atoms with Crippen LogP contribution in [0.15, 0.2) is 48.5 Å². The van der Waals surface area contributed by atoms with Crippen molar-refractivity contribution in [3.63, 3.8) is 0 Å². The molecule has 0 heterocycles. The Balaban J connectivity index is 2.43. The normalized spacial score (nSPS) is 12.2. The number of carbonyl (C=O) groups is 2. The van der Waals surface area contributed by atoms with Crippen LogP contribution in [0.5, 0.6) is 0 Å². The van der Waals surface area contributed by atoms with E-state index < -0.39 is 34.3 Å². The summed E-state index contributed by atoms with van der Waals surface area (Å²) in [5.74, 6) is -1.50. The van der Waals surface area contributed by atoms with Crippen molar-refractivity contribution >= 4 is 39.1 Å². The molecule has 2 aromatic carbocycles. The molecule has 0 saturated carbocycles. The van der Waals surface area contributed by atoms with Crippen LogP contribution in [-0.2, 0) is 26.2 Å². The summed E-state index contributed by atoms with van der Waals surface area (Å²) in [6, 6.07) is 10.8. The Bertz CT molecular complexity index is 1030. The molecule has 1 N–H and O–H groups in total. The summed E-state index contributed by atoms with van der Waals surface area (Å²) in [5, 5.41) is 2.96.